The minimum atomic E-state index is 0.437. The van der Waals surface area contributed by atoms with E-state index in [1.54, 1.807) is 11.8 Å². The number of hydrogen-bond acceptors (Lipinski definition) is 4. The standard InChI is InChI=1S/C20H29NO2S2/c1-14(2)9-16-5-6-19(17(11-16)10-15(3)4)22-7-8-25-13-18-12-21-20(24)23-18/h5-6,11-12,14-15H,7-10,13H2,1-4H3,(H,21,24). The van der Waals surface area contributed by atoms with Gasteiger partial charge in [-0.2, -0.15) is 11.8 Å². The first kappa shape index (κ1) is 20.1. The molecule has 3 nitrogen and oxygen atoms in total. The average Bonchev–Trinajstić information content (AvgIpc) is 2.93. The SMILES string of the molecule is CC(C)Cc1ccc(OCCSCc2c[nH]c(=S)o2)c(CC(C)C)c1. The number of ether oxygens (including phenoxy) is 1. The Bertz CT molecular complexity index is 704. The number of H-pyrrole nitrogens is 1. The van der Waals surface area contributed by atoms with Crippen LogP contribution in [0.15, 0.2) is 28.8 Å². The van der Waals surface area contributed by atoms with Gasteiger partial charge in [-0.3, -0.25) is 0 Å². The van der Waals surface area contributed by atoms with Gasteiger partial charge in [0.1, 0.15) is 11.5 Å². The molecular weight excluding hydrogens is 350 g/mol. The van der Waals surface area contributed by atoms with Crippen molar-refractivity contribution in [3.63, 3.8) is 0 Å². The number of thioether (sulfide) groups is 1. The molecule has 1 heterocycles. The Hall–Kier alpha value is -1.20. The minimum absolute atomic E-state index is 0.437. The molecule has 138 valence electrons. The number of oxazole rings is 1. The number of nitrogens with one attached hydrogen (secondary N) is 1. The summed E-state index contributed by atoms with van der Waals surface area (Å²) in [6.07, 6.45) is 3.99. The van der Waals surface area contributed by atoms with E-state index >= 15 is 0 Å². The zero-order chi connectivity index (χ0) is 18.2. The summed E-state index contributed by atoms with van der Waals surface area (Å²) in [7, 11) is 0. The van der Waals surface area contributed by atoms with Crippen LogP contribution >= 0.6 is 24.0 Å². The predicted molar refractivity (Wildman–Crippen MR) is 109 cm³/mol. The van der Waals surface area contributed by atoms with E-state index in [1.807, 2.05) is 6.20 Å². The molecule has 0 saturated heterocycles. The van der Waals surface area contributed by atoms with Gasteiger partial charge in [0, 0.05) is 11.9 Å². The molecule has 2 rings (SSSR count). The quantitative estimate of drug-likeness (QED) is 0.403. The van der Waals surface area contributed by atoms with Gasteiger partial charge in [-0.15, -0.1) is 0 Å². The molecule has 0 amide bonds. The third kappa shape index (κ3) is 7.28. The summed E-state index contributed by atoms with van der Waals surface area (Å²) in [4.78, 5) is 3.32. The molecular formula is C20H29NO2S2. The molecule has 0 bridgehead atoms. The second kappa shape index (κ2) is 10.1. The van der Waals surface area contributed by atoms with Gasteiger partial charge < -0.3 is 14.1 Å². The van der Waals surface area contributed by atoms with Gasteiger partial charge in [0.05, 0.1) is 12.4 Å². The second-order valence-electron chi connectivity index (χ2n) is 7.18. The zero-order valence-electron chi connectivity index (χ0n) is 15.6. The summed E-state index contributed by atoms with van der Waals surface area (Å²) in [5.41, 5.74) is 2.73. The van der Waals surface area contributed by atoms with E-state index in [4.69, 9.17) is 21.4 Å². The van der Waals surface area contributed by atoms with E-state index in [1.165, 1.54) is 11.1 Å². The van der Waals surface area contributed by atoms with Crippen molar-refractivity contribution < 1.29 is 9.15 Å². The topological polar surface area (TPSA) is 38.2 Å². The fourth-order valence-corrected chi connectivity index (χ4v) is 3.60. The molecule has 1 N–H and O–H groups in total. The maximum Gasteiger partial charge on any atom is 0.266 e. The second-order valence-corrected chi connectivity index (χ2v) is 8.66. The largest absolute Gasteiger partial charge is 0.492 e. The van der Waals surface area contributed by atoms with Crippen molar-refractivity contribution in [2.24, 2.45) is 11.8 Å². The van der Waals surface area contributed by atoms with Crippen molar-refractivity contribution in [3.05, 3.63) is 46.1 Å². The Labute approximate surface area is 160 Å². The fourth-order valence-electron chi connectivity index (χ4n) is 2.74. The summed E-state index contributed by atoms with van der Waals surface area (Å²) >= 11 is 6.71. The summed E-state index contributed by atoms with van der Waals surface area (Å²) in [6, 6.07) is 6.67. The molecule has 0 unspecified atom stereocenters. The molecule has 0 spiro atoms. The smallest absolute Gasteiger partial charge is 0.266 e. The first-order valence-electron chi connectivity index (χ1n) is 8.93. The molecule has 25 heavy (non-hydrogen) atoms. The fraction of sp³-hybridized carbons (Fsp3) is 0.550. The highest BCUT2D eigenvalue weighted by Gasteiger charge is 2.09. The molecule has 1 aromatic heterocycles. The Morgan fingerprint density at radius 1 is 1.16 bits per heavy atom. The van der Waals surface area contributed by atoms with E-state index < -0.39 is 0 Å². The first-order valence-corrected chi connectivity index (χ1v) is 10.5. The highest BCUT2D eigenvalue weighted by Crippen LogP contribution is 2.25. The molecule has 5 heteroatoms. The van der Waals surface area contributed by atoms with Crippen molar-refractivity contribution in [3.8, 4) is 5.75 Å². The summed E-state index contributed by atoms with van der Waals surface area (Å²) in [6.45, 7) is 9.72. The summed E-state index contributed by atoms with van der Waals surface area (Å²) in [5, 5.41) is 0. The first-order chi connectivity index (χ1) is 11.9. The number of benzene rings is 1. The molecule has 1 aromatic carbocycles. The van der Waals surface area contributed by atoms with Crippen molar-refractivity contribution in [2.45, 2.75) is 46.3 Å². The van der Waals surface area contributed by atoms with Crippen LogP contribution < -0.4 is 4.74 Å². The average molecular weight is 380 g/mol. The summed E-state index contributed by atoms with van der Waals surface area (Å²) < 4.78 is 11.4. The van der Waals surface area contributed by atoms with E-state index in [0.717, 1.165) is 35.9 Å². The van der Waals surface area contributed by atoms with Crippen LogP contribution in [0.5, 0.6) is 5.75 Å². The number of hydrogen-bond donors (Lipinski definition) is 1. The lowest BCUT2D eigenvalue weighted by molar-refractivity contribution is 0.338. The van der Waals surface area contributed by atoms with Crippen molar-refractivity contribution in [2.75, 3.05) is 12.4 Å². The highest BCUT2D eigenvalue weighted by atomic mass is 32.2. The van der Waals surface area contributed by atoms with Gasteiger partial charge >= 0.3 is 0 Å². The van der Waals surface area contributed by atoms with Crippen molar-refractivity contribution in [1.29, 1.82) is 0 Å². The van der Waals surface area contributed by atoms with Crippen molar-refractivity contribution in [1.82, 2.24) is 4.98 Å². The number of rotatable bonds is 10. The Kier molecular flexibility index (Phi) is 8.10. The molecule has 0 radical (unpaired) electrons. The van der Waals surface area contributed by atoms with Gasteiger partial charge in [0.15, 0.2) is 0 Å². The van der Waals surface area contributed by atoms with Gasteiger partial charge in [-0.25, -0.2) is 0 Å². The molecule has 0 aliphatic carbocycles. The van der Waals surface area contributed by atoms with Crippen LogP contribution in [-0.2, 0) is 18.6 Å². The lowest BCUT2D eigenvalue weighted by Crippen LogP contribution is -2.06. The van der Waals surface area contributed by atoms with Crippen LogP contribution in [0.4, 0.5) is 0 Å². The van der Waals surface area contributed by atoms with E-state index in [2.05, 4.69) is 50.9 Å². The minimum Gasteiger partial charge on any atom is -0.492 e. The van der Waals surface area contributed by atoms with Crippen LogP contribution in [0.25, 0.3) is 0 Å². The maximum atomic E-state index is 6.06. The van der Waals surface area contributed by atoms with E-state index in [9.17, 15) is 0 Å². The van der Waals surface area contributed by atoms with E-state index in [-0.39, 0.29) is 0 Å². The third-order valence-electron chi connectivity index (χ3n) is 3.70. The molecule has 0 aliphatic heterocycles. The Morgan fingerprint density at radius 2 is 1.92 bits per heavy atom. The van der Waals surface area contributed by atoms with E-state index in [0.29, 0.717) is 23.3 Å². The normalized spacial score (nSPS) is 11.4. The molecule has 0 atom stereocenters. The summed E-state index contributed by atoms with van der Waals surface area (Å²) in [5.74, 6) is 4.93. The van der Waals surface area contributed by atoms with Gasteiger partial charge in [-0.1, -0.05) is 39.8 Å². The maximum absolute atomic E-state index is 6.06. The van der Waals surface area contributed by atoms with Crippen LogP contribution in [-0.4, -0.2) is 17.3 Å². The number of aromatic amines is 1. The third-order valence-corrected chi connectivity index (χ3v) is 4.85. The Balaban J connectivity index is 1.87. The lowest BCUT2D eigenvalue weighted by atomic mass is 9.96. The van der Waals surface area contributed by atoms with Gasteiger partial charge in [-0.05, 0) is 54.1 Å². The van der Waals surface area contributed by atoms with Crippen molar-refractivity contribution >= 4 is 24.0 Å². The van der Waals surface area contributed by atoms with Gasteiger partial charge in [0.25, 0.3) is 4.84 Å². The van der Waals surface area contributed by atoms with Crippen LogP contribution in [0.3, 0.4) is 0 Å². The molecule has 2 aromatic rings. The molecule has 0 saturated carbocycles. The van der Waals surface area contributed by atoms with Crippen LogP contribution in [0.2, 0.25) is 0 Å². The molecule has 0 fully saturated rings. The van der Waals surface area contributed by atoms with Crippen LogP contribution in [0.1, 0.15) is 44.6 Å². The monoisotopic (exact) mass is 379 g/mol. The zero-order valence-corrected chi connectivity index (χ0v) is 17.3. The lowest BCUT2D eigenvalue weighted by Gasteiger charge is -2.15. The Morgan fingerprint density at radius 3 is 2.56 bits per heavy atom. The predicted octanol–water partition coefficient (Wildman–Crippen LogP) is 6.05. The highest BCUT2D eigenvalue weighted by molar-refractivity contribution is 7.98. The number of aromatic nitrogens is 1. The van der Waals surface area contributed by atoms with Crippen LogP contribution in [0, 0.1) is 16.7 Å². The van der Waals surface area contributed by atoms with Gasteiger partial charge in [0.2, 0.25) is 0 Å². The molecule has 0 aliphatic rings.